The van der Waals surface area contributed by atoms with E-state index in [1.54, 1.807) is 0 Å². The maximum absolute atomic E-state index is 2.99. The molecule has 0 heterocycles. The predicted molar refractivity (Wildman–Crippen MR) is 98.5 cm³/mol. The van der Waals surface area contributed by atoms with Crippen molar-refractivity contribution in [2.45, 2.75) is 12.8 Å². The van der Waals surface area contributed by atoms with E-state index in [2.05, 4.69) is 79.3 Å². The fourth-order valence-corrected chi connectivity index (χ4v) is 1.97. The summed E-state index contributed by atoms with van der Waals surface area (Å²) in [6.45, 7) is 0. The Hall–Kier alpha value is -1.27. The molecule has 0 nitrogen and oxygen atoms in total. The van der Waals surface area contributed by atoms with Crippen molar-refractivity contribution in [3.05, 3.63) is 127 Å². The molecule has 0 aromatic heterocycles. The smallest absolute Gasteiger partial charge is 1.00 e. The molecule has 0 saturated carbocycles. The molecule has 0 unspecified atom stereocenters. The molecular formula is C23H21Cl2Zr-2. The van der Waals surface area contributed by atoms with Gasteiger partial charge in [0.15, 0.2) is 0 Å². The van der Waals surface area contributed by atoms with Crippen LogP contribution in [0.4, 0.5) is 0 Å². The van der Waals surface area contributed by atoms with E-state index in [0.717, 1.165) is 12.8 Å². The number of hydrogen-bond donors (Lipinski definition) is 0. The molecule has 133 valence electrons. The second kappa shape index (κ2) is 18.5. The first-order valence-electron chi connectivity index (χ1n) is 7.83. The van der Waals surface area contributed by atoms with E-state index >= 15 is 0 Å². The average Bonchev–Trinajstić information content (AvgIpc) is 3.35. The molecule has 0 spiro atoms. The van der Waals surface area contributed by atoms with Crippen LogP contribution in [0.5, 0.6) is 0 Å². The number of benzene rings is 2. The standard InChI is InChI=1S/C13H11.2C5H5.2ClH.Zr/c1-3-7-12(8-4-1)11-13-9-5-2-6-10-13;2*1-2-4-5-3-1;;;/h1-11H;2*1-3H,4H2;2*1H;/q3*-1;;;+3/p-2. The van der Waals surface area contributed by atoms with Crippen LogP contribution in [0.25, 0.3) is 0 Å². The Morgan fingerprint density at radius 3 is 1.23 bits per heavy atom. The number of halogens is 2. The van der Waals surface area contributed by atoms with Gasteiger partial charge < -0.3 is 24.8 Å². The van der Waals surface area contributed by atoms with E-state index in [-0.39, 0.29) is 51.0 Å². The van der Waals surface area contributed by atoms with Crippen LogP contribution in [0.2, 0.25) is 0 Å². The summed E-state index contributed by atoms with van der Waals surface area (Å²) >= 11 is 0. The third kappa shape index (κ3) is 13.0. The summed E-state index contributed by atoms with van der Waals surface area (Å²) in [6, 6.07) is 20.7. The van der Waals surface area contributed by atoms with Crippen molar-refractivity contribution in [2.24, 2.45) is 0 Å². The van der Waals surface area contributed by atoms with Crippen molar-refractivity contribution in [1.29, 1.82) is 0 Å². The molecular weight excluding hydrogens is 438 g/mol. The largest absolute Gasteiger partial charge is 3.00 e. The zero-order chi connectivity index (χ0) is 16.0. The Kier molecular flexibility index (Phi) is 19.2. The molecule has 0 atom stereocenters. The molecule has 0 aliphatic heterocycles. The van der Waals surface area contributed by atoms with Crippen molar-refractivity contribution in [2.75, 3.05) is 0 Å². The Morgan fingerprint density at radius 2 is 1.00 bits per heavy atom. The van der Waals surface area contributed by atoms with Gasteiger partial charge in [-0.3, -0.25) is 12.2 Å². The van der Waals surface area contributed by atoms with Gasteiger partial charge in [0.1, 0.15) is 0 Å². The first-order chi connectivity index (χ1) is 11.4. The minimum atomic E-state index is 0. The van der Waals surface area contributed by atoms with Gasteiger partial charge in [-0.15, -0.1) is 54.7 Å². The van der Waals surface area contributed by atoms with Crippen LogP contribution in [0, 0.1) is 18.6 Å². The molecule has 2 aromatic carbocycles. The van der Waals surface area contributed by atoms with E-state index in [9.17, 15) is 0 Å². The van der Waals surface area contributed by atoms with E-state index in [1.807, 2.05) is 36.4 Å². The molecule has 0 saturated heterocycles. The molecule has 4 rings (SSSR count). The monoisotopic (exact) mass is 457 g/mol. The third-order valence-electron chi connectivity index (χ3n) is 3.10. The summed E-state index contributed by atoms with van der Waals surface area (Å²) in [7, 11) is 0. The SMILES string of the molecule is [C-]1=CC=CC1.[C-]1=CC=CC1.[Cl-].[Cl-].[Zr+3].c1ccc([CH-]c2ccccc2)cc1. The summed E-state index contributed by atoms with van der Waals surface area (Å²) in [5.41, 5.74) is 2.49. The zero-order valence-electron chi connectivity index (χ0n) is 14.5. The number of allylic oxidation sites excluding steroid dienone is 8. The maximum Gasteiger partial charge on any atom is 3.00 e. The van der Waals surface area contributed by atoms with Crippen LogP contribution in [0.3, 0.4) is 0 Å². The summed E-state index contributed by atoms with van der Waals surface area (Å²) in [5, 5.41) is 0. The molecule has 0 N–H and O–H groups in total. The van der Waals surface area contributed by atoms with Gasteiger partial charge in [-0.25, -0.2) is 24.3 Å². The van der Waals surface area contributed by atoms with E-state index in [0.29, 0.717) is 0 Å². The Morgan fingerprint density at radius 1 is 0.615 bits per heavy atom. The van der Waals surface area contributed by atoms with Gasteiger partial charge in [-0.05, 0) is 0 Å². The van der Waals surface area contributed by atoms with Crippen LogP contribution < -0.4 is 24.8 Å². The number of hydrogen-bond acceptors (Lipinski definition) is 0. The normalized spacial score (nSPS) is 11.5. The molecule has 0 bridgehead atoms. The van der Waals surface area contributed by atoms with E-state index in [1.165, 1.54) is 11.1 Å². The minimum Gasteiger partial charge on any atom is -1.00 e. The van der Waals surface area contributed by atoms with Crippen molar-refractivity contribution in [3.8, 4) is 0 Å². The fraction of sp³-hybridized carbons (Fsp3) is 0.0870. The fourth-order valence-electron chi connectivity index (χ4n) is 1.97. The van der Waals surface area contributed by atoms with Crippen molar-refractivity contribution in [1.82, 2.24) is 0 Å². The minimum absolute atomic E-state index is 0. The quantitative estimate of drug-likeness (QED) is 0.551. The molecule has 0 fully saturated rings. The van der Waals surface area contributed by atoms with Gasteiger partial charge in [0.2, 0.25) is 0 Å². The van der Waals surface area contributed by atoms with Crippen LogP contribution in [0.1, 0.15) is 24.0 Å². The Bertz CT molecular complexity index is 580. The summed E-state index contributed by atoms with van der Waals surface area (Å²) < 4.78 is 0. The average molecular weight is 460 g/mol. The maximum atomic E-state index is 2.99. The second-order valence-corrected chi connectivity index (χ2v) is 4.97. The van der Waals surface area contributed by atoms with Crippen LogP contribution in [-0.4, -0.2) is 0 Å². The van der Waals surface area contributed by atoms with Crippen LogP contribution >= 0.6 is 0 Å². The molecule has 2 aliphatic carbocycles. The van der Waals surface area contributed by atoms with Crippen molar-refractivity contribution >= 4 is 0 Å². The van der Waals surface area contributed by atoms with Gasteiger partial charge in [0.05, 0.1) is 0 Å². The summed E-state index contributed by atoms with van der Waals surface area (Å²) in [4.78, 5) is 0. The summed E-state index contributed by atoms with van der Waals surface area (Å²) in [5.74, 6) is 0. The molecule has 3 heteroatoms. The zero-order valence-corrected chi connectivity index (χ0v) is 18.5. The molecule has 1 radical (unpaired) electrons. The van der Waals surface area contributed by atoms with E-state index in [4.69, 9.17) is 0 Å². The molecule has 2 aromatic rings. The van der Waals surface area contributed by atoms with Gasteiger partial charge in [-0.2, -0.15) is 12.2 Å². The topological polar surface area (TPSA) is 0 Å². The first-order valence-corrected chi connectivity index (χ1v) is 7.83. The number of rotatable bonds is 2. The second-order valence-electron chi connectivity index (χ2n) is 4.97. The molecule has 26 heavy (non-hydrogen) atoms. The van der Waals surface area contributed by atoms with Gasteiger partial charge >= 0.3 is 26.2 Å². The van der Waals surface area contributed by atoms with Crippen LogP contribution in [-0.2, 0) is 26.2 Å². The predicted octanol–water partition coefficient (Wildman–Crippen LogP) is -0.0958. The van der Waals surface area contributed by atoms with E-state index < -0.39 is 0 Å². The molecule has 2 aliphatic rings. The van der Waals surface area contributed by atoms with Gasteiger partial charge in [0.25, 0.3) is 0 Å². The van der Waals surface area contributed by atoms with Crippen molar-refractivity contribution < 1.29 is 51.0 Å². The van der Waals surface area contributed by atoms with Gasteiger partial charge in [0, 0.05) is 0 Å². The Balaban J connectivity index is 0. The third-order valence-corrected chi connectivity index (χ3v) is 3.10. The van der Waals surface area contributed by atoms with Crippen LogP contribution in [0.15, 0.2) is 97.1 Å². The van der Waals surface area contributed by atoms with Crippen molar-refractivity contribution in [3.63, 3.8) is 0 Å². The summed E-state index contributed by atoms with van der Waals surface area (Å²) in [6.07, 6.45) is 22.2. The Labute approximate surface area is 189 Å². The molecule has 0 amide bonds. The van der Waals surface area contributed by atoms with Gasteiger partial charge in [-0.1, -0.05) is 36.4 Å². The first kappa shape index (κ1) is 27.0.